The number of H-pyrrole nitrogens is 1. The van der Waals surface area contributed by atoms with E-state index in [0.29, 0.717) is 19.0 Å². The van der Waals surface area contributed by atoms with Gasteiger partial charge in [-0.2, -0.15) is 5.10 Å². The van der Waals surface area contributed by atoms with Crippen molar-refractivity contribution in [1.29, 1.82) is 0 Å². The second-order valence-corrected chi connectivity index (χ2v) is 3.54. The van der Waals surface area contributed by atoms with E-state index in [2.05, 4.69) is 20.8 Å². The van der Waals surface area contributed by atoms with Crippen LogP contribution in [0.15, 0.2) is 0 Å². The Morgan fingerprint density at radius 3 is 2.81 bits per heavy atom. The molecule has 0 saturated carbocycles. The number of amides is 1. The van der Waals surface area contributed by atoms with Gasteiger partial charge in [0.2, 0.25) is 5.91 Å². The lowest BCUT2D eigenvalue weighted by atomic mass is 10.3. The quantitative estimate of drug-likeness (QED) is 0.605. The number of aromatic nitrogens is 2. The molecule has 6 heteroatoms. The third kappa shape index (κ3) is 3.63. The Morgan fingerprint density at radius 1 is 1.50 bits per heavy atom. The lowest BCUT2D eigenvalue weighted by Crippen LogP contribution is -2.30. The van der Waals surface area contributed by atoms with Crippen LogP contribution in [0.3, 0.4) is 0 Å². The number of aryl methyl sites for hydroxylation is 1. The smallest absolute Gasteiger partial charge is 0.239 e. The molecule has 0 bridgehead atoms. The number of hydrogen-bond donors (Lipinski definition) is 3. The van der Waals surface area contributed by atoms with Gasteiger partial charge in [-0.1, -0.05) is 0 Å². The first-order valence-electron chi connectivity index (χ1n) is 5.16. The third-order valence-corrected chi connectivity index (χ3v) is 2.28. The Balaban J connectivity index is 2.31. The summed E-state index contributed by atoms with van der Waals surface area (Å²) in [5.41, 5.74) is 1.92. The molecule has 1 rings (SSSR count). The maximum atomic E-state index is 11.5. The van der Waals surface area contributed by atoms with Gasteiger partial charge in [0, 0.05) is 24.9 Å². The van der Waals surface area contributed by atoms with Gasteiger partial charge < -0.3 is 15.4 Å². The van der Waals surface area contributed by atoms with Crippen LogP contribution in [0.25, 0.3) is 0 Å². The molecule has 0 aliphatic carbocycles. The zero-order valence-corrected chi connectivity index (χ0v) is 9.89. The predicted octanol–water partition coefficient (Wildman–Crippen LogP) is 0.201. The fourth-order valence-corrected chi connectivity index (χ4v) is 1.16. The molecular formula is C10H18N4O2. The van der Waals surface area contributed by atoms with Gasteiger partial charge in [-0.15, -0.1) is 0 Å². The Kier molecular flexibility index (Phi) is 4.94. The van der Waals surface area contributed by atoms with Crippen molar-refractivity contribution in [1.82, 2.24) is 15.5 Å². The highest BCUT2D eigenvalue weighted by atomic mass is 16.5. The first-order chi connectivity index (χ1) is 7.65. The van der Waals surface area contributed by atoms with Crippen molar-refractivity contribution in [3.05, 3.63) is 11.3 Å². The van der Waals surface area contributed by atoms with Gasteiger partial charge >= 0.3 is 0 Å². The van der Waals surface area contributed by atoms with E-state index in [-0.39, 0.29) is 12.5 Å². The van der Waals surface area contributed by atoms with Crippen molar-refractivity contribution < 1.29 is 9.53 Å². The summed E-state index contributed by atoms with van der Waals surface area (Å²) in [5, 5.41) is 12.5. The van der Waals surface area contributed by atoms with E-state index in [1.54, 1.807) is 7.11 Å². The number of hydrogen-bond acceptors (Lipinski definition) is 4. The molecule has 0 fully saturated rings. The van der Waals surface area contributed by atoms with Gasteiger partial charge in [-0.25, -0.2) is 0 Å². The highest BCUT2D eigenvalue weighted by Gasteiger charge is 2.08. The second kappa shape index (κ2) is 6.24. The van der Waals surface area contributed by atoms with Crippen LogP contribution in [-0.4, -0.2) is 42.9 Å². The highest BCUT2D eigenvalue weighted by molar-refractivity contribution is 5.92. The van der Waals surface area contributed by atoms with Crippen LogP contribution in [0, 0.1) is 13.8 Å². The van der Waals surface area contributed by atoms with Crippen LogP contribution in [0.4, 0.5) is 5.82 Å². The molecule has 6 nitrogen and oxygen atoms in total. The molecule has 0 unspecified atom stereocenters. The average Bonchev–Trinajstić information content (AvgIpc) is 2.56. The number of nitrogens with zero attached hydrogens (tertiary/aromatic N) is 1. The Hall–Kier alpha value is -1.40. The molecule has 90 valence electrons. The van der Waals surface area contributed by atoms with Crippen LogP contribution >= 0.6 is 0 Å². The molecule has 0 radical (unpaired) electrons. The van der Waals surface area contributed by atoms with Gasteiger partial charge in [0.15, 0.2) is 5.82 Å². The maximum Gasteiger partial charge on any atom is 0.239 e. The SMILES string of the molecule is COCCNCC(=O)Nc1n[nH]c(C)c1C. The molecule has 0 aromatic carbocycles. The fraction of sp³-hybridized carbons (Fsp3) is 0.600. The molecule has 0 saturated heterocycles. The number of anilines is 1. The molecule has 0 aliphatic heterocycles. The highest BCUT2D eigenvalue weighted by Crippen LogP contribution is 2.12. The standard InChI is InChI=1S/C10H18N4O2/c1-7-8(2)13-14-10(7)12-9(15)6-11-4-5-16-3/h11H,4-6H2,1-3H3,(H2,12,13,14,15). The summed E-state index contributed by atoms with van der Waals surface area (Å²) in [6.07, 6.45) is 0. The summed E-state index contributed by atoms with van der Waals surface area (Å²) in [7, 11) is 1.62. The van der Waals surface area contributed by atoms with E-state index in [9.17, 15) is 4.79 Å². The molecule has 16 heavy (non-hydrogen) atoms. The molecule has 1 heterocycles. The number of carbonyl (C=O) groups is 1. The van der Waals surface area contributed by atoms with Gasteiger partial charge in [0.05, 0.1) is 13.2 Å². The van der Waals surface area contributed by atoms with Crippen molar-refractivity contribution >= 4 is 11.7 Å². The van der Waals surface area contributed by atoms with Gasteiger partial charge in [0.1, 0.15) is 0 Å². The minimum absolute atomic E-state index is 0.106. The number of methoxy groups -OCH3 is 1. The predicted molar refractivity (Wildman–Crippen MR) is 61.4 cm³/mol. The maximum absolute atomic E-state index is 11.5. The molecule has 1 aromatic rings. The summed E-state index contributed by atoms with van der Waals surface area (Å²) >= 11 is 0. The summed E-state index contributed by atoms with van der Waals surface area (Å²) in [6, 6.07) is 0. The third-order valence-electron chi connectivity index (χ3n) is 2.28. The molecule has 0 spiro atoms. The Morgan fingerprint density at radius 2 is 2.25 bits per heavy atom. The summed E-state index contributed by atoms with van der Waals surface area (Å²) in [5.74, 6) is 0.488. The summed E-state index contributed by atoms with van der Waals surface area (Å²) in [6.45, 7) is 5.33. The number of aromatic amines is 1. The van der Waals surface area contributed by atoms with Gasteiger partial charge in [0.25, 0.3) is 0 Å². The second-order valence-electron chi connectivity index (χ2n) is 3.54. The normalized spacial score (nSPS) is 10.4. The van der Waals surface area contributed by atoms with Crippen molar-refractivity contribution in [2.75, 3.05) is 32.1 Å². The number of ether oxygens (including phenoxy) is 1. The number of carbonyl (C=O) groups excluding carboxylic acids is 1. The van der Waals surface area contributed by atoms with E-state index < -0.39 is 0 Å². The van der Waals surface area contributed by atoms with E-state index in [1.165, 1.54) is 0 Å². The lowest BCUT2D eigenvalue weighted by molar-refractivity contribution is -0.115. The molecule has 1 amide bonds. The summed E-state index contributed by atoms with van der Waals surface area (Å²) < 4.78 is 4.85. The van der Waals surface area contributed by atoms with Crippen LogP contribution in [0.1, 0.15) is 11.3 Å². The van der Waals surface area contributed by atoms with E-state index in [1.807, 2.05) is 13.8 Å². The zero-order valence-electron chi connectivity index (χ0n) is 9.89. The molecule has 0 atom stereocenters. The van der Waals surface area contributed by atoms with Crippen molar-refractivity contribution in [2.24, 2.45) is 0 Å². The van der Waals surface area contributed by atoms with E-state index in [4.69, 9.17) is 4.74 Å². The Labute approximate surface area is 94.8 Å². The molecule has 0 aliphatic rings. The van der Waals surface area contributed by atoms with Crippen LogP contribution < -0.4 is 10.6 Å². The first kappa shape index (κ1) is 12.7. The fourth-order valence-electron chi connectivity index (χ4n) is 1.16. The van der Waals surface area contributed by atoms with E-state index in [0.717, 1.165) is 11.3 Å². The van der Waals surface area contributed by atoms with Crippen LogP contribution in [0.2, 0.25) is 0 Å². The molecule has 1 aromatic heterocycles. The van der Waals surface area contributed by atoms with Crippen LogP contribution in [0.5, 0.6) is 0 Å². The molecular weight excluding hydrogens is 208 g/mol. The zero-order chi connectivity index (χ0) is 12.0. The first-order valence-corrected chi connectivity index (χ1v) is 5.16. The Bertz CT molecular complexity index is 349. The average molecular weight is 226 g/mol. The minimum atomic E-state index is -0.106. The van der Waals surface area contributed by atoms with Gasteiger partial charge in [-0.05, 0) is 13.8 Å². The van der Waals surface area contributed by atoms with E-state index >= 15 is 0 Å². The minimum Gasteiger partial charge on any atom is -0.383 e. The largest absolute Gasteiger partial charge is 0.383 e. The topological polar surface area (TPSA) is 79.0 Å². The van der Waals surface area contributed by atoms with Gasteiger partial charge in [-0.3, -0.25) is 9.89 Å². The lowest BCUT2D eigenvalue weighted by Gasteiger charge is -2.04. The molecule has 3 N–H and O–H groups in total. The summed E-state index contributed by atoms with van der Waals surface area (Å²) in [4.78, 5) is 11.5. The van der Waals surface area contributed by atoms with Crippen molar-refractivity contribution in [3.8, 4) is 0 Å². The number of nitrogens with one attached hydrogen (secondary N) is 3. The van der Waals surface area contributed by atoms with Crippen LogP contribution in [-0.2, 0) is 9.53 Å². The monoisotopic (exact) mass is 226 g/mol. The van der Waals surface area contributed by atoms with Crippen molar-refractivity contribution in [3.63, 3.8) is 0 Å². The number of rotatable bonds is 6. The van der Waals surface area contributed by atoms with Crippen molar-refractivity contribution in [2.45, 2.75) is 13.8 Å².